The normalized spacial score (nSPS) is 11.9. The van der Waals surface area contributed by atoms with Gasteiger partial charge in [0, 0.05) is 19.6 Å². The number of nitrogens with zero attached hydrogens (tertiary/aromatic N) is 1. The van der Waals surface area contributed by atoms with Crippen LogP contribution < -0.4 is 5.32 Å². The lowest BCUT2D eigenvalue weighted by Crippen LogP contribution is -2.30. The highest BCUT2D eigenvalue weighted by molar-refractivity contribution is 7.91. The van der Waals surface area contributed by atoms with E-state index in [1.807, 2.05) is 19.2 Å². The molecule has 102 valence electrons. The number of thiophene rings is 1. The maximum atomic E-state index is 12.3. The number of hydrogen-bond acceptors (Lipinski definition) is 4. The summed E-state index contributed by atoms with van der Waals surface area (Å²) < 4.78 is 26.4. The molecule has 0 aromatic carbocycles. The van der Waals surface area contributed by atoms with E-state index in [0.29, 0.717) is 23.8 Å². The summed E-state index contributed by atoms with van der Waals surface area (Å²) in [7, 11) is -3.36. The minimum atomic E-state index is -3.36. The van der Waals surface area contributed by atoms with Crippen molar-refractivity contribution in [3.63, 3.8) is 0 Å². The maximum absolute atomic E-state index is 12.3. The third-order valence-electron chi connectivity index (χ3n) is 2.49. The van der Waals surface area contributed by atoms with Gasteiger partial charge in [0.2, 0.25) is 0 Å². The molecule has 0 saturated carbocycles. The Morgan fingerprint density at radius 1 is 1.50 bits per heavy atom. The second kappa shape index (κ2) is 7.04. The Morgan fingerprint density at radius 3 is 2.78 bits per heavy atom. The number of likely N-dealkylation sites (N-methyl/N-ethyl adjacent to an activating group) is 1. The van der Waals surface area contributed by atoms with Crippen LogP contribution in [0, 0.1) is 0 Å². The average Bonchev–Trinajstić information content (AvgIpc) is 2.82. The second-order valence-corrected chi connectivity index (χ2v) is 6.87. The molecule has 0 aliphatic heterocycles. The standard InChI is InChI=1S/C12H20N2O2S2/c1-4-7-14(6-3)18(15,16)12-8-11(10-17-12)9-13-5-2/h4,8,10,13H,1,5-7,9H2,2-3H3. The zero-order chi connectivity index (χ0) is 13.6. The van der Waals surface area contributed by atoms with Gasteiger partial charge in [0.25, 0.3) is 10.0 Å². The van der Waals surface area contributed by atoms with Crippen LogP contribution in [-0.2, 0) is 16.6 Å². The molecule has 6 heteroatoms. The molecule has 1 aromatic heterocycles. The average molecular weight is 288 g/mol. The molecular weight excluding hydrogens is 268 g/mol. The van der Waals surface area contributed by atoms with E-state index in [4.69, 9.17) is 0 Å². The van der Waals surface area contributed by atoms with Crippen LogP contribution in [0.3, 0.4) is 0 Å². The smallest absolute Gasteiger partial charge is 0.252 e. The molecule has 0 radical (unpaired) electrons. The Kier molecular flexibility index (Phi) is 6.01. The molecule has 0 bridgehead atoms. The molecule has 0 fully saturated rings. The molecule has 0 aliphatic carbocycles. The van der Waals surface area contributed by atoms with E-state index in [0.717, 1.165) is 12.1 Å². The molecule has 1 N–H and O–H groups in total. The van der Waals surface area contributed by atoms with Crippen molar-refractivity contribution >= 4 is 21.4 Å². The molecule has 0 unspecified atom stereocenters. The van der Waals surface area contributed by atoms with Gasteiger partial charge in [-0.1, -0.05) is 19.9 Å². The zero-order valence-corrected chi connectivity index (χ0v) is 12.5. The van der Waals surface area contributed by atoms with Gasteiger partial charge in [-0.2, -0.15) is 4.31 Å². The highest BCUT2D eigenvalue weighted by Crippen LogP contribution is 2.23. The van der Waals surface area contributed by atoms with Gasteiger partial charge in [0.05, 0.1) is 0 Å². The van der Waals surface area contributed by atoms with Crippen LogP contribution in [0.25, 0.3) is 0 Å². The number of sulfonamides is 1. The third-order valence-corrected chi connectivity index (χ3v) is 5.89. The predicted octanol–water partition coefficient (Wildman–Crippen LogP) is 2.05. The maximum Gasteiger partial charge on any atom is 0.252 e. The largest absolute Gasteiger partial charge is 0.313 e. The first-order chi connectivity index (χ1) is 8.56. The topological polar surface area (TPSA) is 49.4 Å². The summed E-state index contributed by atoms with van der Waals surface area (Å²) in [5, 5.41) is 5.07. The molecule has 1 aromatic rings. The van der Waals surface area contributed by atoms with E-state index < -0.39 is 10.0 Å². The predicted molar refractivity (Wildman–Crippen MR) is 76.3 cm³/mol. The monoisotopic (exact) mass is 288 g/mol. The minimum absolute atomic E-state index is 0.347. The van der Waals surface area contributed by atoms with Gasteiger partial charge in [0.15, 0.2) is 0 Å². The third kappa shape index (κ3) is 3.65. The van der Waals surface area contributed by atoms with Crippen LogP contribution in [-0.4, -0.2) is 32.4 Å². The van der Waals surface area contributed by atoms with Crippen molar-refractivity contribution in [2.75, 3.05) is 19.6 Å². The Hall–Kier alpha value is -0.690. The molecule has 4 nitrogen and oxygen atoms in total. The van der Waals surface area contributed by atoms with Gasteiger partial charge in [-0.15, -0.1) is 17.9 Å². The summed E-state index contributed by atoms with van der Waals surface area (Å²) >= 11 is 1.27. The van der Waals surface area contributed by atoms with Crippen LogP contribution in [0.1, 0.15) is 19.4 Å². The molecule has 0 aliphatic rings. The van der Waals surface area contributed by atoms with Crippen LogP contribution in [0.2, 0.25) is 0 Å². The molecule has 0 atom stereocenters. The highest BCUT2D eigenvalue weighted by atomic mass is 32.2. The fraction of sp³-hybridized carbons (Fsp3) is 0.500. The van der Waals surface area contributed by atoms with Crippen molar-refractivity contribution in [3.8, 4) is 0 Å². The summed E-state index contributed by atoms with van der Waals surface area (Å²) in [6.07, 6.45) is 1.61. The lowest BCUT2D eigenvalue weighted by atomic mass is 10.3. The summed E-state index contributed by atoms with van der Waals surface area (Å²) in [6.45, 7) is 9.81. The Morgan fingerprint density at radius 2 is 2.22 bits per heavy atom. The Balaban J connectivity index is 2.90. The number of rotatable bonds is 8. The summed E-state index contributed by atoms with van der Waals surface area (Å²) in [5.41, 5.74) is 1.01. The Labute approximate surface area is 113 Å². The van der Waals surface area contributed by atoms with Crippen LogP contribution in [0.15, 0.2) is 28.3 Å². The van der Waals surface area contributed by atoms with Gasteiger partial charge < -0.3 is 5.32 Å². The number of hydrogen-bond donors (Lipinski definition) is 1. The van der Waals surface area contributed by atoms with Gasteiger partial charge in [0.1, 0.15) is 4.21 Å². The van der Waals surface area contributed by atoms with E-state index in [9.17, 15) is 8.42 Å². The van der Waals surface area contributed by atoms with Crippen molar-refractivity contribution in [2.24, 2.45) is 0 Å². The van der Waals surface area contributed by atoms with Crippen molar-refractivity contribution < 1.29 is 8.42 Å². The first-order valence-corrected chi connectivity index (χ1v) is 8.27. The first-order valence-electron chi connectivity index (χ1n) is 5.95. The van der Waals surface area contributed by atoms with Crippen LogP contribution in [0.5, 0.6) is 0 Å². The van der Waals surface area contributed by atoms with E-state index in [1.54, 1.807) is 12.1 Å². The molecule has 0 spiro atoms. The molecule has 0 saturated heterocycles. The van der Waals surface area contributed by atoms with Crippen molar-refractivity contribution in [2.45, 2.75) is 24.6 Å². The number of nitrogens with one attached hydrogen (secondary N) is 1. The lowest BCUT2D eigenvalue weighted by molar-refractivity contribution is 0.461. The van der Waals surface area contributed by atoms with E-state index >= 15 is 0 Å². The van der Waals surface area contributed by atoms with Crippen LogP contribution in [0.4, 0.5) is 0 Å². The molecule has 1 heterocycles. The fourth-order valence-corrected chi connectivity index (χ4v) is 4.30. The second-order valence-electron chi connectivity index (χ2n) is 3.80. The van der Waals surface area contributed by atoms with Gasteiger partial charge in [-0.25, -0.2) is 8.42 Å². The summed E-state index contributed by atoms with van der Waals surface area (Å²) in [4.78, 5) is 0. The molecular formula is C12H20N2O2S2. The Bertz CT molecular complexity index is 480. The quantitative estimate of drug-likeness (QED) is 0.745. The van der Waals surface area contributed by atoms with E-state index in [2.05, 4.69) is 11.9 Å². The molecule has 1 rings (SSSR count). The summed E-state index contributed by atoms with van der Waals surface area (Å²) in [5.74, 6) is 0. The van der Waals surface area contributed by atoms with Crippen molar-refractivity contribution in [1.82, 2.24) is 9.62 Å². The molecule has 0 amide bonds. The SMILES string of the molecule is C=CCN(CC)S(=O)(=O)c1cc(CNCC)cs1. The minimum Gasteiger partial charge on any atom is -0.313 e. The lowest BCUT2D eigenvalue weighted by Gasteiger charge is -2.17. The highest BCUT2D eigenvalue weighted by Gasteiger charge is 2.23. The van der Waals surface area contributed by atoms with E-state index in [-0.39, 0.29) is 0 Å². The van der Waals surface area contributed by atoms with Crippen LogP contribution >= 0.6 is 11.3 Å². The van der Waals surface area contributed by atoms with Gasteiger partial charge in [-0.05, 0) is 23.6 Å². The van der Waals surface area contributed by atoms with Gasteiger partial charge >= 0.3 is 0 Å². The molecule has 18 heavy (non-hydrogen) atoms. The summed E-state index contributed by atoms with van der Waals surface area (Å²) in [6, 6.07) is 1.74. The zero-order valence-electron chi connectivity index (χ0n) is 10.8. The first kappa shape index (κ1) is 15.4. The van der Waals surface area contributed by atoms with Crippen molar-refractivity contribution in [1.29, 1.82) is 0 Å². The fourth-order valence-electron chi connectivity index (χ4n) is 1.52. The van der Waals surface area contributed by atoms with Crippen molar-refractivity contribution in [3.05, 3.63) is 29.7 Å². The van der Waals surface area contributed by atoms with E-state index in [1.165, 1.54) is 15.6 Å². The van der Waals surface area contributed by atoms with Gasteiger partial charge in [-0.3, -0.25) is 0 Å².